The van der Waals surface area contributed by atoms with E-state index in [0.29, 0.717) is 12.7 Å². The van der Waals surface area contributed by atoms with E-state index in [4.69, 9.17) is 9.47 Å². The molecule has 1 aliphatic rings. The van der Waals surface area contributed by atoms with Crippen molar-refractivity contribution in [2.24, 2.45) is 0 Å². The maximum atomic E-state index is 5.63. The molecule has 1 aliphatic heterocycles. The molecule has 1 saturated heterocycles. The minimum Gasteiger partial charge on any atom is -0.491 e. The second-order valence-electron chi connectivity index (χ2n) is 4.00. The molecule has 1 aromatic carbocycles. The van der Waals surface area contributed by atoms with Crippen LogP contribution in [-0.2, 0) is 11.2 Å². The molecule has 16 heavy (non-hydrogen) atoms. The van der Waals surface area contributed by atoms with E-state index in [9.17, 15) is 0 Å². The first-order valence-electron chi connectivity index (χ1n) is 5.87. The third-order valence-electron chi connectivity index (χ3n) is 2.49. The number of epoxide rings is 1. The minimum absolute atomic E-state index is 0.323. The van der Waals surface area contributed by atoms with Crippen molar-refractivity contribution in [1.29, 1.82) is 0 Å². The van der Waals surface area contributed by atoms with Crippen LogP contribution in [0, 0.1) is 0 Å². The van der Waals surface area contributed by atoms with Crippen LogP contribution in [0.15, 0.2) is 36.4 Å². The summed E-state index contributed by atoms with van der Waals surface area (Å²) in [6, 6.07) is 8.26. The van der Waals surface area contributed by atoms with Gasteiger partial charge in [0.1, 0.15) is 18.5 Å². The Morgan fingerprint density at radius 3 is 3.06 bits per heavy atom. The Hall–Kier alpha value is -1.28. The first-order valence-corrected chi connectivity index (χ1v) is 5.87. The fourth-order valence-electron chi connectivity index (χ4n) is 1.50. The molecule has 2 heteroatoms. The molecule has 1 fully saturated rings. The SMILES string of the molecule is CC/C=C/Cc1cccc(OCC2CO2)c1. The highest BCUT2D eigenvalue weighted by molar-refractivity contribution is 5.29. The van der Waals surface area contributed by atoms with E-state index in [1.165, 1.54) is 5.56 Å². The van der Waals surface area contributed by atoms with E-state index < -0.39 is 0 Å². The molecular formula is C14H18O2. The lowest BCUT2D eigenvalue weighted by molar-refractivity contribution is 0.263. The van der Waals surface area contributed by atoms with Crippen LogP contribution in [0.1, 0.15) is 18.9 Å². The van der Waals surface area contributed by atoms with Gasteiger partial charge < -0.3 is 9.47 Å². The van der Waals surface area contributed by atoms with Gasteiger partial charge in [0.2, 0.25) is 0 Å². The van der Waals surface area contributed by atoms with E-state index in [0.717, 1.165) is 25.2 Å². The molecule has 1 aromatic rings. The van der Waals surface area contributed by atoms with E-state index in [1.54, 1.807) is 0 Å². The van der Waals surface area contributed by atoms with E-state index in [2.05, 4.69) is 31.2 Å². The van der Waals surface area contributed by atoms with Crippen molar-refractivity contribution in [2.75, 3.05) is 13.2 Å². The molecule has 2 nitrogen and oxygen atoms in total. The van der Waals surface area contributed by atoms with Crippen LogP contribution in [0.4, 0.5) is 0 Å². The predicted octanol–water partition coefficient (Wildman–Crippen LogP) is 2.97. The van der Waals surface area contributed by atoms with Gasteiger partial charge in [-0.1, -0.05) is 31.2 Å². The van der Waals surface area contributed by atoms with Gasteiger partial charge in [-0.25, -0.2) is 0 Å². The smallest absolute Gasteiger partial charge is 0.119 e. The predicted molar refractivity (Wildman–Crippen MR) is 64.8 cm³/mol. The standard InChI is InChI=1S/C14H18O2/c1-2-3-4-6-12-7-5-8-13(9-12)15-10-14-11-16-14/h3-5,7-9,14H,2,6,10-11H2,1H3/b4-3+. The maximum Gasteiger partial charge on any atom is 0.119 e. The van der Waals surface area contributed by atoms with E-state index >= 15 is 0 Å². The molecule has 0 amide bonds. The molecule has 1 atom stereocenters. The quantitative estimate of drug-likeness (QED) is 0.541. The van der Waals surface area contributed by atoms with Crippen molar-refractivity contribution < 1.29 is 9.47 Å². The summed E-state index contributed by atoms with van der Waals surface area (Å²) in [5.74, 6) is 0.942. The molecule has 86 valence electrons. The zero-order valence-corrected chi connectivity index (χ0v) is 9.69. The van der Waals surface area contributed by atoms with Crippen molar-refractivity contribution in [3.8, 4) is 5.75 Å². The molecule has 0 N–H and O–H groups in total. The summed E-state index contributed by atoms with van der Waals surface area (Å²) in [7, 11) is 0. The second kappa shape index (κ2) is 5.71. The Labute approximate surface area is 96.9 Å². The molecule has 0 spiro atoms. The van der Waals surface area contributed by atoms with Crippen LogP contribution < -0.4 is 4.74 Å². The molecule has 0 radical (unpaired) electrons. The Bertz CT molecular complexity index is 354. The normalized spacial score (nSPS) is 18.9. The first kappa shape index (κ1) is 11.2. The fraction of sp³-hybridized carbons (Fsp3) is 0.429. The van der Waals surface area contributed by atoms with Crippen LogP contribution in [0.25, 0.3) is 0 Å². The summed E-state index contributed by atoms with van der Waals surface area (Å²) in [6.07, 6.45) is 6.78. The van der Waals surface area contributed by atoms with Crippen LogP contribution in [0.3, 0.4) is 0 Å². The number of hydrogen-bond donors (Lipinski definition) is 0. The topological polar surface area (TPSA) is 21.8 Å². The van der Waals surface area contributed by atoms with Gasteiger partial charge in [-0.3, -0.25) is 0 Å². The van der Waals surface area contributed by atoms with Crippen LogP contribution in [0.5, 0.6) is 5.75 Å². The highest BCUT2D eigenvalue weighted by Gasteiger charge is 2.22. The third-order valence-corrected chi connectivity index (χ3v) is 2.49. The zero-order chi connectivity index (χ0) is 11.2. The Balaban J connectivity index is 1.87. The van der Waals surface area contributed by atoms with Gasteiger partial charge in [0.05, 0.1) is 6.61 Å². The van der Waals surface area contributed by atoms with Crippen LogP contribution in [-0.4, -0.2) is 19.3 Å². The molecular weight excluding hydrogens is 200 g/mol. The highest BCUT2D eigenvalue weighted by atomic mass is 16.6. The summed E-state index contributed by atoms with van der Waals surface area (Å²) in [4.78, 5) is 0. The summed E-state index contributed by atoms with van der Waals surface area (Å²) in [6.45, 7) is 3.67. The average molecular weight is 218 g/mol. The summed E-state index contributed by atoms with van der Waals surface area (Å²) >= 11 is 0. The Morgan fingerprint density at radius 1 is 1.44 bits per heavy atom. The van der Waals surface area contributed by atoms with Crippen molar-refractivity contribution in [2.45, 2.75) is 25.9 Å². The van der Waals surface area contributed by atoms with Gasteiger partial charge in [0.25, 0.3) is 0 Å². The minimum atomic E-state index is 0.323. The van der Waals surface area contributed by atoms with E-state index in [1.807, 2.05) is 12.1 Å². The first-order chi connectivity index (χ1) is 7.88. The van der Waals surface area contributed by atoms with Gasteiger partial charge >= 0.3 is 0 Å². The molecule has 0 saturated carbocycles. The number of hydrogen-bond acceptors (Lipinski definition) is 2. The van der Waals surface area contributed by atoms with Crippen molar-refractivity contribution in [3.63, 3.8) is 0 Å². The molecule has 2 rings (SSSR count). The fourth-order valence-corrected chi connectivity index (χ4v) is 1.50. The number of rotatable bonds is 6. The number of ether oxygens (including phenoxy) is 2. The van der Waals surface area contributed by atoms with Gasteiger partial charge in [0.15, 0.2) is 0 Å². The molecule has 0 aromatic heterocycles. The van der Waals surface area contributed by atoms with Gasteiger partial charge in [0, 0.05) is 0 Å². The van der Waals surface area contributed by atoms with Crippen LogP contribution in [0.2, 0.25) is 0 Å². The molecule has 0 bridgehead atoms. The van der Waals surface area contributed by atoms with Gasteiger partial charge in [-0.2, -0.15) is 0 Å². The van der Waals surface area contributed by atoms with Crippen molar-refractivity contribution in [3.05, 3.63) is 42.0 Å². The molecule has 1 unspecified atom stereocenters. The summed E-state index contributed by atoms with van der Waals surface area (Å²) < 4.78 is 10.7. The average Bonchev–Trinajstić information content (AvgIpc) is 3.11. The highest BCUT2D eigenvalue weighted by Crippen LogP contribution is 2.17. The van der Waals surface area contributed by atoms with Crippen molar-refractivity contribution in [1.82, 2.24) is 0 Å². The maximum absolute atomic E-state index is 5.63. The second-order valence-corrected chi connectivity index (χ2v) is 4.00. The lowest BCUT2D eigenvalue weighted by Gasteiger charge is -2.05. The van der Waals surface area contributed by atoms with Gasteiger partial charge in [-0.15, -0.1) is 0 Å². The number of benzene rings is 1. The van der Waals surface area contributed by atoms with E-state index in [-0.39, 0.29) is 0 Å². The summed E-state index contributed by atoms with van der Waals surface area (Å²) in [5.41, 5.74) is 1.29. The monoisotopic (exact) mass is 218 g/mol. The Morgan fingerprint density at radius 2 is 2.31 bits per heavy atom. The third kappa shape index (κ3) is 3.70. The largest absolute Gasteiger partial charge is 0.491 e. The number of allylic oxidation sites excluding steroid dienone is 2. The lowest BCUT2D eigenvalue weighted by atomic mass is 10.1. The molecule has 1 heterocycles. The zero-order valence-electron chi connectivity index (χ0n) is 9.69. The van der Waals surface area contributed by atoms with Gasteiger partial charge in [-0.05, 0) is 30.5 Å². The van der Waals surface area contributed by atoms with Crippen molar-refractivity contribution >= 4 is 0 Å². The Kier molecular flexibility index (Phi) is 4.00. The lowest BCUT2D eigenvalue weighted by Crippen LogP contribution is -2.04. The van der Waals surface area contributed by atoms with Crippen LogP contribution >= 0.6 is 0 Å². The summed E-state index contributed by atoms with van der Waals surface area (Å²) in [5, 5.41) is 0. The molecule has 0 aliphatic carbocycles.